The Kier molecular flexibility index (Phi) is 1.85. The van der Waals surface area contributed by atoms with Crippen molar-refractivity contribution in [3.8, 4) is 11.3 Å². The number of hydrogen-bond acceptors (Lipinski definition) is 3. The maximum Gasteiger partial charge on any atom is 0.0927 e. The van der Waals surface area contributed by atoms with Crippen molar-refractivity contribution in [2.75, 3.05) is 0 Å². The van der Waals surface area contributed by atoms with Crippen molar-refractivity contribution in [3.63, 3.8) is 0 Å². The SMILES string of the molecule is c1ccc2c(-c3ccsc3)nsc2c1. The number of aromatic nitrogens is 1. The molecule has 1 aromatic carbocycles. The standard InChI is InChI=1S/C11H7NS2/c1-2-4-10-9(3-1)11(12-14-10)8-5-6-13-7-8/h1-7H. The number of thiophene rings is 1. The molecule has 3 rings (SSSR count). The second kappa shape index (κ2) is 3.19. The number of rotatable bonds is 1. The molecule has 0 saturated carbocycles. The Morgan fingerprint density at radius 2 is 2.00 bits per heavy atom. The molecule has 0 amide bonds. The topological polar surface area (TPSA) is 12.9 Å². The van der Waals surface area contributed by atoms with E-state index in [4.69, 9.17) is 0 Å². The summed E-state index contributed by atoms with van der Waals surface area (Å²) in [7, 11) is 0. The molecule has 1 nitrogen and oxygen atoms in total. The van der Waals surface area contributed by atoms with Gasteiger partial charge in [0.25, 0.3) is 0 Å². The molecule has 0 saturated heterocycles. The first-order valence-electron chi connectivity index (χ1n) is 4.32. The lowest BCUT2D eigenvalue weighted by Gasteiger charge is -1.91. The molecule has 0 fully saturated rings. The molecular weight excluding hydrogens is 210 g/mol. The van der Waals surface area contributed by atoms with Gasteiger partial charge in [0, 0.05) is 16.3 Å². The summed E-state index contributed by atoms with van der Waals surface area (Å²) in [5.41, 5.74) is 2.35. The smallest absolute Gasteiger partial charge is 0.0927 e. The molecule has 14 heavy (non-hydrogen) atoms. The average Bonchev–Trinajstić information content (AvgIpc) is 2.85. The van der Waals surface area contributed by atoms with E-state index in [2.05, 4.69) is 45.5 Å². The molecule has 0 aliphatic rings. The summed E-state index contributed by atoms with van der Waals surface area (Å²) in [5.74, 6) is 0. The van der Waals surface area contributed by atoms with E-state index in [0.717, 1.165) is 5.69 Å². The molecule has 2 heterocycles. The summed E-state index contributed by atoms with van der Waals surface area (Å²) >= 11 is 3.28. The minimum absolute atomic E-state index is 1.12. The number of fused-ring (bicyclic) bond motifs is 1. The average molecular weight is 217 g/mol. The Morgan fingerprint density at radius 1 is 1.07 bits per heavy atom. The van der Waals surface area contributed by atoms with Crippen LogP contribution in [0.2, 0.25) is 0 Å². The van der Waals surface area contributed by atoms with E-state index in [0.29, 0.717) is 0 Å². The first kappa shape index (κ1) is 8.15. The van der Waals surface area contributed by atoms with Crippen molar-refractivity contribution in [2.45, 2.75) is 0 Å². The van der Waals surface area contributed by atoms with Crippen LogP contribution in [0.5, 0.6) is 0 Å². The third-order valence-electron chi connectivity index (χ3n) is 2.17. The quantitative estimate of drug-likeness (QED) is 0.600. The summed E-state index contributed by atoms with van der Waals surface area (Å²) in [6.07, 6.45) is 0. The van der Waals surface area contributed by atoms with Crippen LogP contribution in [0.3, 0.4) is 0 Å². The summed E-state index contributed by atoms with van der Waals surface area (Å²) < 4.78 is 5.74. The van der Waals surface area contributed by atoms with Gasteiger partial charge >= 0.3 is 0 Å². The lowest BCUT2D eigenvalue weighted by molar-refractivity contribution is 1.58. The summed E-state index contributed by atoms with van der Waals surface area (Å²) in [4.78, 5) is 0. The van der Waals surface area contributed by atoms with E-state index in [1.54, 1.807) is 22.9 Å². The van der Waals surface area contributed by atoms with Crippen molar-refractivity contribution in [3.05, 3.63) is 41.1 Å². The van der Waals surface area contributed by atoms with E-state index < -0.39 is 0 Å². The Morgan fingerprint density at radius 3 is 2.86 bits per heavy atom. The van der Waals surface area contributed by atoms with E-state index in [-0.39, 0.29) is 0 Å². The summed E-state index contributed by atoms with van der Waals surface area (Å²) in [6, 6.07) is 10.5. The molecule has 0 aliphatic heterocycles. The van der Waals surface area contributed by atoms with E-state index in [1.807, 2.05) is 0 Å². The molecule has 3 heteroatoms. The van der Waals surface area contributed by atoms with Gasteiger partial charge in [0.1, 0.15) is 0 Å². The highest BCUT2D eigenvalue weighted by Crippen LogP contribution is 2.31. The van der Waals surface area contributed by atoms with Crippen LogP contribution in [0.15, 0.2) is 41.1 Å². The highest BCUT2D eigenvalue weighted by Gasteiger charge is 2.07. The van der Waals surface area contributed by atoms with Crippen molar-refractivity contribution in [1.29, 1.82) is 0 Å². The van der Waals surface area contributed by atoms with Gasteiger partial charge in [-0.15, -0.1) is 0 Å². The fourth-order valence-corrected chi connectivity index (χ4v) is 2.93. The molecule has 0 bridgehead atoms. The van der Waals surface area contributed by atoms with E-state index in [9.17, 15) is 0 Å². The van der Waals surface area contributed by atoms with Gasteiger partial charge in [-0.3, -0.25) is 0 Å². The van der Waals surface area contributed by atoms with Gasteiger partial charge in [-0.05, 0) is 29.0 Å². The Hall–Kier alpha value is -1.19. The Labute approximate surface area is 89.8 Å². The van der Waals surface area contributed by atoms with E-state index >= 15 is 0 Å². The lowest BCUT2D eigenvalue weighted by Crippen LogP contribution is -1.71. The highest BCUT2D eigenvalue weighted by molar-refractivity contribution is 7.13. The molecule has 0 spiro atoms. The maximum absolute atomic E-state index is 4.49. The first-order chi connectivity index (χ1) is 6.95. The van der Waals surface area contributed by atoms with Crippen LogP contribution in [0.1, 0.15) is 0 Å². The normalized spacial score (nSPS) is 10.9. The summed E-state index contributed by atoms with van der Waals surface area (Å²) in [5, 5.41) is 5.49. The lowest BCUT2D eigenvalue weighted by atomic mass is 10.1. The third-order valence-corrected chi connectivity index (χ3v) is 3.68. The van der Waals surface area contributed by atoms with Crippen LogP contribution < -0.4 is 0 Å². The van der Waals surface area contributed by atoms with Gasteiger partial charge in [0.2, 0.25) is 0 Å². The van der Waals surface area contributed by atoms with Crippen molar-refractivity contribution >= 4 is 33.0 Å². The largest absolute Gasteiger partial charge is 0.191 e. The van der Waals surface area contributed by atoms with Gasteiger partial charge in [0.05, 0.1) is 10.4 Å². The number of nitrogens with zero attached hydrogens (tertiary/aromatic N) is 1. The van der Waals surface area contributed by atoms with Crippen LogP contribution >= 0.6 is 22.9 Å². The minimum atomic E-state index is 1.12. The fraction of sp³-hybridized carbons (Fsp3) is 0. The zero-order chi connectivity index (χ0) is 9.38. The van der Waals surface area contributed by atoms with Gasteiger partial charge in [-0.25, -0.2) is 0 Å². The minimum Gasteiger partial charge on any atom is -0.191 e. The van der Waals surface area contributed by atoms with Gasteiger partial charge in [-0.2, -0.15) is 15.7 Å². The molecule has 68 valence electrons. The molecular formula is C11H7NS2. The van der Waals surface area contributed by atoms with Crippen LogP contribution in [-0.2, 0) is 0 Å². The van der Waals surface area contributed by atoms with Crippen molar-refractivity contribution in [1.82, 2.24) is 4.37 Å². The van der Waals surface area contributed by atoms with Gasteiger partial charge < -0.3 is 0 Å². The second-order valence-corrected chi connectivity index (χ2v) is 4.62. The van der Waals surface area contributed by atoms with Gasteiger partial charge in [-0.1, -0.05) is 18.2 Å². The van der Waals surface area contributed by atoms with Crippen LogP contribution in [0.25, 0.3) is 21.3 Å². The Balaban J connectivity index is 2.33. The predicted molar refractivity (Wildman–Crippen MR) is 62.9 cm³/mol. The molecule has 3 aromatic rings. The first-order valence-corrected chi connectivity index (χ1v) is 6.04. The summed E-state index contributed by atoms with van der Waals surface area (Å²) in [6.45, 7) is 0. The second-order valence-electron chi connectivity index (χ2n) is 3.04. The monoisotopic (exact) mass is 217 g/mol. The van der Waals surface area contributed by atoms with Crippen molar-refractivity contribution < 1.29 is 0 Å². The van der Waals surface area contributed by atoms with Gasteiger partial charge in [0.15, 0.2) is 0 Å². The predicted octanol–water partition coefficient (Wildman–Crippen LogP) is 4.02. The molecule has 0 N–H and O–H groups in total. The number of hydrogen-bond donors (Lipinski definition) is 0. The van der Waals surface area contributed by atoms with Crippen molar-refractivity contribution in [2.24, 2.45) is 0 Å². The zero-order valence-corrected chi connectivity index (χ0v) is 8.94. The molecule has 0 unspecified atom stereocenters. The molecule has 0 aliphatic carbocycles. The van der Waals surface area contributed by atoms with Crippen LogP contribution in [-0.4, -0.2) is 4.37 Å². The van der Waals surface area contributed by atoms with Crippen LogP contribution in [0, 0.1) is 0 Å². The third kappa shape index (κ3) is 1.17. The Bertz CT molecular complexity index is 551. The van der Waals surface area contributed by atoms with Crippen LogP contribution in [0.4, 0.5) is 0 Å². The molecule has 0 radical (unpaired) electrons. The zero-order valence-electron chi connectivity index (χ0n) is 7.31. The number of benzene rings is 1. The maximum atomic E-state index is 4.49. The highest BCUT2D eigenvalue weighted by atomic mass is 32.1. The molecule has 2 aromatic heterocycles. The molecule has 0 atom stereocenters. The van der Waals surface area contributed by atoms with E-state index in [1.165, 1.54) is 15.6 Å². The fourth-order valence-electron chi connectivity index (χ4n) is 1.49.